The van der Waals surface area contributed by atoms with Crippen LogP contribution in [0.5, 0.6) is 0 Å². The highest BCUT2D eigenvalue weighted by molar-refractivity contribution is 5.80. The second kappa shape index (κ2) is 36.3. The van der Waals surface area contributed by atoms with Crippen LogP contribution < -0.4 is 18.3 Å². The molecule has 0 aliphatic rings. The maximum Gasteiger partial charge on any atom is 0.212 e. The second-order valence-electron chi connectivity index (χ2n) is 33.5. The molecule has 8 aromatic carbocycles. The third kappa shape index (κ3) is 21.9. The first kappa shape index (κ1) is 67.5. The second-order valence-corrected chi connectivity index (χ2v) is 33.5. The first-order valence-corrected chi connectivity index (χ1v) is 39.0. The Hall–Kier alpha value is -9.64. The number of hydrogen-bond acceptors (Lipinski definition) is 0. The summed E-state index contributed by atoms with van der Waals surface area (Å²) in [5.74, 6) is 1.18. The molecule has 4 aromatic heterocycles. The maximum atomic E-state index is 9.14. The number of pyridine rings is 4. The Morgan fingerprint density at radius 3 is 0.890 bits per heavy atom. The third-order valence-electron chi connectivity index (χ3n) is 20.0. The average molecular weight is 1460 g/mol. The Balaban J connectivity index is 0.000000186. The van der Waals surface area contributed by atoms with Crippen molar-refractivity contribution in [3.8, 4) is 89.5 Å². The minimum atomic E-state index is -2.31. The average Bonchev–Trinajstić information content (AvgIpc) is 0.735. The maximum absolute atomic E-state index is 9.14. The van der Waals surface area contributed by atoms with Crippen molar-refractivity contribution in [2.45, 2.75) is 191 Å². The lowest BCUT2D eigenvalue weighted by Crippen LogP contribution is -2.33. The standard InChI is InChI=1S/C30H40N.3C25H30N/c1-21-15-22(2)27(17-26(21)23-13-11-10-12-14-23)28-16-24(18-29(3,4)5)25(20-31(28)9)19-30(6,7)8;2*1-17(2)12-22-16-26(6)25(14-18(22)3)24-15-23(19(4)13-20(24)5)21-10-8-7-9-11-21;1-17(2)12-22-14-25(26(6)16-20(22)5)24-15-23(18(3)13-19(24)4)21-10-8-7-9-11-21/h10-17,20H,18-19H2,1-9H3;3*7-11,13-17H,12H2,1-6H3/q4*+1/i1D3,18D2,19D2;4D3,12D2;;. The molecule has 0 saturated carbocycles. The Labute approximate surface area is 676 Å². The van der Waals surface area contributed by atoms with Gasteiger partial charge in [0.2, 0.25) is 22.8 Å². The van der Waals surface area contributed by atoms with E-state index in [2.05, 4.69) is 202 Å². The van der Waals surface area contributed by atoms with Crippen molar-refractivity contribution >= 4 is 0 Å². The minimum absolute atomic E-state index is 0.151. The summed E-state index contributed by atoms with van der Waals surface area (Å²) in [4.78, 5) is 0. The van der Waals surface area contributed by atoms with Crippen LogP contribution >= 0.6 is 0 Å². The zero-order chi connectivity index (χ0) is 89.9. The van der Waals surface area contributed by atoms with Crippen molar-refractivity contribution in [3.05, 3.63) is 308 Å². The molecule has 12 rings (SSSR count). The fourth-order valence-electron chi connectivity index (χ4n) is 14.7. The normalized spacial score (nSPS) is 13.8. The van der Waals surface area contributed by atoms with Crippen LogP contribution in [0.3, 0.4) is 0 Å². The van der Waals surface area contributed by atoms with Gasteiger partial charge in [0, 0.05) is 85.2 Å². The molecule has 0 aliphatic carbocycles. The van der Waals surface area contributed by atoms with Crippen LogP contribution in [0.1, 0.15) is 189 Å². The van der Waals surface area contributed by atoms with Gasteiger partial charge in [0.1, 0.15) is 28.2 Å². The van der Waals surface area contributed by atoms with Gasteiger partial charge in [0.05, 0.1) is 0 Å². The molecule has 0 unspecified atom stereocenters. The number of aryl methyl sites for hydroxylation is 15. The molecular weight excluding hydrogens is 1320 g/mol. The van der Waals surface area contributed by atoms with Gasteiger partial charge in [0.25, 0.3) is 0 Å². The van der Waals surface area contributed by atoms with E-state index in [0.29, 0.717) is 50.9 Å². The van der Waals surface area contributed by atoms with Gasteiger partial charge in [0.15, 0.2) is 24.8 Å². The van der Waals surface area contributed by atoms with Crippen LogP contribution in [0.15, 0.2) is 219 Å². The lowest BCUT2D eigenvalue weighted by molar-refractivity contribution is -0.661. The Kier molecular flexibility index (Phi) is 22.4. The molecular formula is C105H130N4+4. The molecule has 0 radical (unpaired) electrons. The lowest BCUT2D eigenvalue weighted by atomic mass is 9.81. The minimum Gasteiger partial charge on any atom is -0.201 e. The van der Waals surface area contributed by atoms with Gasteiger partial charge in [-0.05, 0) is 272 Å². The third-order valence-corrected chi connectivity index (χ3v) is 20.0. The molecule has 566 valence electrons. The molecule has 0 bridgehead atoms. The van der Waals surface area contributed by atoms with E-state index in [9.17, 15) is 0 Å². The van der Waals surface area contributed by atoms with E-state index in [1.807, 2.05) is 184 Å². The molecule has 0 saturated heterocycles. The van der Waals surface area contributed by atoms with Gasteiger partial charge in [-0.25, -0.2) is 18.3 Å². The zero-order valence-electron chi connectivity index (χ0n) is 82.2. The summed E-state index contributed by atoms with van der Waals surface area (Å²) in [6, 6.07) is 65.5. The molecule has 4 nitrogen and oxygen atoms in total. The monoisotopic (exact) mass is 1460 g/mol. The number of rotatable bonds is 16. The summed E-state index contributed by atoms with van der Waals surface area (Å²) in [5.41, 5.74) is 30.5. The molecule has 0 atom stereocenters. The van der Waals surface area contributed by atoms with E-state index >= 15 is 0 Å². The van der Waals surface area contributed by atoms with Crippen LogP contribution in [0.25, 0.3) is 89.5 Å². The van der Waals surface area contributed by atoms with E-state index in [0.717, 1.165) is 57.5 Å². The summed E-state index contributed by atoms with van der Waals surface area (Å²) in [6.45, 7) is 38.3. The fraction of sp³-hybridized carbons (Fsp3) is 0.352. The van der Waals surface area contributed by atoms with E-state index in [4.69, 9.17) is 16.4 Å². The Morgan fingerprint density at radius 1 is 0.275 bits per heavy atom. The van der Waals surface area contributed by atoms with Crippen LogP contribution in [-0.4, -0.2) is 0 Å². The summed E-state index contributed by atoms with van der Waals surface area (Å²) in [6.07, 6.45) is 5.31. The van der Waals surface area contributed by atoms with E-state index in [-0.39, 0.29) is 11.5 Å². The van der Waals surface area contributed by atoms with Crippen molar-refractivity contribution in [1.82, 2.24) is 0 Å². The largest absolute Gasteiger partial charge is 0.212 e. The highest BCUT2D eigenvalue weighted by Gasteiger charge is 2.27. The van der Waals surface area contributed by atoms with Crippen LogP contribution in [0.2, 0.25) is 0 Å². The highest BCUT2D eigenvalue weighted by atomic mass is 14.9. The molecule has 0 aliphatic heterocycles. The smallest absolute Gasteiger partial charge is 0.201 e. The fourth-order valence-corrected chi connectivity index (χ4v) is 14.7. The van der Waals surface area contributed by atoms with Crippen molar-refractivity contribution < 1.29 is 34.7 Å². The van der Waals surface area contributed by atoms with Gasteiger partial charge in [-0.2, -0.15) is 0 Å². The van der Waals surface area contributed by atoms with Crippen LogP contribution in [0.4, 0.5) is 0 Å². The van der Waals surface area contributed by atoms with Gasteiger partial charge in [-0.15, -0.1) is 0 Å². The summed E-state index contributed by atoms with van der Waals surface area (Å²) in [5, 5.41) is 0. The molecule has 4 heterocycles. The van der Waals surface area contributed by atoms with Crippen molar-refractivity contribution in [1.29, 1.82) is 0 Å². The Morgan fingerprint density at radius 2 is 0.550 bits per heavy atom. The van der Waals surface area contributed by atoms with E-state index in [1.54, 1.807) is 24.4 Å². The van der Waals surface area contributed by atoms with Crippen molar-refractivity contribution in [3.63, 3.8) is 0 Å². The first-order valence-electron chi connectivity index (χ1n) is 45.0. The molecule has 0 fully saturated rings. The number of hydrogen-bond donors (Lipinski definition) is 0. The summed E-state index contributed by atoms with van der Waals surface area (Å²) in [7, 11) is 8.06. The van der Waals surface area contributed by atoms with Crippen LogP contribution in [0, 0.1) is 105 Å². The first-order chi connectivity index (χ1) is 56.2. The van der Waals surface area contributed by atoms with Gasteiger partial charge in [-0.1, -0.05) is 229 Å². The summed E-state index contributed by atoms with van der Waals surface area (Å²) >= 11 is 0. The lowest BCUT2D eigenvalue weighted by Gasteiger charge is -2.24. The highest BCUT2D eigenvalue weighted by Crippen LogP contribution is 2.38. The van der Waals surface area contributed by atoms with Gasteiger partial charge < -0.3 is 0 Å². The molecule has 0 amide bonds. The SMILES string of the molecule is Cc1c[n+](C)c(-c2cc(-c3ccccc3)c(C)cc2C)cc1CC(C)C.Cc1cc(-c2cc(-c3ccccc3)c(C)cc2C)[n+](C)cc1CC(C)C.[2H]C([2H])([2H])c1cc(C)c(-c2cc(C([2H])([2H])C(C)(C)C)c(C([2H])([2H])C(C)(C)C)c[n+]2C)cc1-c1ccccc1.[2H]C([2H])([2H])c1cc(C)c(-c2cc(C)c(C([2H])([2H])C(C)C)c[n+]2C)cc1-c1ccccc1. The van der Waals surface area contributed by atoms with Crippen molar-refractivity contribution in [2.75, 3.05) is 0 Å². The number of aromatic nitrogens is 4. The van der Waals surface area contributed by atoms with Crippen molar-refractivity contribution in [2.24, 2.45) is 56.8 Å². The Bertz CT molecular complexity index is 5670. The topological polar surface area (TPSA) is 15.5 Å². The molecule has 0 spiro atoms. The molecule has 0 N–H and O–H groups in total. The molecule has 109 heavy (non-hydrogen) atoms. The zero-order valence-corrected chi connectivity index (χ0v) is 70.2. The molecule has 4 heteroatoms. The number of benzene rings is 8. The van der Waals surface area contributed by atoms with Gasteiger partial charge in [-0.3, -0.25) is 0 Å². The van der Waals surface area contributed by atoms with Gasteiger partial charge >= 0.3 is 0 Å². The van der Waals surface area contributed by atoms with E-state index < -0.39 is 43.7 Å². The van der Waals surface area contributed by atoms with Crippen LogP contribution in [-0.2, 0) is 60.2 Å². The molecule has 12 aromatic rings. The predicted molar refractivity (Wildman–Crippen MR) is 468 cm³/mol. The predicted octanol–water partition coefficient (Wildman–Crippen LogP) is 25.5. The summed E-state index contributed by atoms with van der Waals surface area (Å²) < 4.78 is 110. The van der Waals surface area contributed by atoms with E-state index in [1.165, 1.54) is 89.3 Å². The number of nitrogens with zero attached hydrogens (tertiary/aromatic N) is 4. The quantitative estimate of drug-likeness (QED) is 0.0857.